The summed E-state index contributed by atoms with van der Waals surface area (Å²) in [5.74, 6) is 0. The van der Waals surface area contributed by atoms with Gasteiger partial charge in [-0.2, -0.15) is 0 Å². The van der Waals surface area contributed by atoms with E-state index in [0.717, 1.165) is 0 Å². The molecule has 2 atom stereocenters. The van der Waals surface area contributed by atoms with Gasteiger partial charge in [0.15, 0.2) is 27.8 Å². The largest absolute Gasteiger partial charge is 0.447 e. The van der Waals surface area contributed by atoms with Gasteiger partial charge < -0.3 is 63.0 Å². The van der Waals surface area contributed by atoms with Gasteiger partial charge in [-0.1, -0.05) is 0 Å². The minimum Gasteiger partial charge on any atom is -0.447 e. The Hall–Kier alpha value is 2.53. The molecule has 0 aromatic rings. The molecule has 0 rings (SSSR count). The molecule has 0 bridgehead atoms. The van der Waals surface area contributed by atoms with Gasteiger partial charge in [0, 0.05) is 7.11 Å². The Morgan fingerprint density at radius 3 is 1.54 bits per heavy atom. The molecular formula is C6H42O14Si15. The van der Waals surface area contributed by atoms with E-state index in [2.05, 4.69) is 0 Å². The topological polar surface area (TPSA) is 214 Å². The minimum absolute atomic E-state index is 0.124. The predicted molar refractivity (Wildman–Crippen MR) is 168 cm³/mol. The monoisotopic (exact) mass is 758 g/mol. The van der Waals surface area contributed by atoms with Gasteiger partial charge in [0.05, 0.1) is 0 Å². The Kier molecular flexibility index (Phi) is 16.6. The number of rotatable bonds is 19. The van der Waals surface area contributed by atoms with Gasteiger partial charge in [-0.15, -0.1) is 0 Å². The first-order valence-electron chi connectivity index (χ1n) is 10.7. The lowest BCUT2D eigenvalue weighted by atomic mass is 11.8. The second kappa shape index (κ2) is 15.5. The molecule has 0 saturated heterocycles. The van der Waals surface area contributed by atoms with E-state index in [0.29, 0.717) is 0 Å². The third kappa shape index (κ3) is 7.44. The molecular weight excluding hydrogens is 717 g/mol. The highest BCUT2D eigenvalue weighted by molar-refractivity contribution is 7.99. The van der Waals surface area contributed by atoms with Crippen LogP contribution in [0, 0.1) is 0 Å². The van der Waals surface area contributed by atoms with Crippen LogP contribution >= 0.6 is 0 Å². The van der Waals surface area contributed by atoms with E-state index in [4.69, 9.17) is 25.0 Å². The summed E-state index contributed by atoms with van der Waals surface area (Å²) in [5, 5.41) is 0. The van der Waals surface area contributed by atoms with Crippen molar-refractivity contribution in [3.8, 4) is 0 Å². The van der Waals surface area contributed by atoms with Crippen LogP contribution in [0.25, 0.3) is 0 Å². The summed E-state index contributed by atoms with van der Waals surface area (Å²) in [6, 6.07) is 0. The van der Waals surface area contributed by atoms with Crippen LogP contribution < -0.4 is 0 Å². The van der Waals surface area contributed by atoms with E-state index < -0.39 is 119 Å². The van der Waals surface area contributed by atoms with Crippen LogP contribution in [0.2, 0.25) is 32.7 Å². The molecule has 0 aromatic heterocycles. The Bertz CT molecular complexity index is 656. The first kappa shape index (κ1) is 37.5. The molecule has 0 aromatic carbocycles. The third-order valence-corrected chi connectivity index (χ3v) is 139. The Labute approximate surface area is 231 Å². The lowest BCUT2D eigenvalue weighted by Gasteiger charge is -2.58. The molecule has 2 unspecified atom stereocenters. The zero-order chi connectivity index (χ0) is 27.8. The van der Waals surface area contributed by atoms with E-state index in [9.17, 15) is 38.0 Å². The molecule has 0 aliphatic heterocycles. The van der Waals surface area contributed by atoms with Crippen molar-refractivity contribution in [1.82, 2.24) is 0 Å². The van der Waals surface area contributed by atoms with Gasteiger partial charge >= 0.3 is 15.2 Å². The fourth-order valence-corrected chi connectivity index (χ4v) is 190. The van der Waals surface area contributed by atoms with Gasteiger partial charge in [-0.3, -0.25) is 0 Å². The minimum atomic E-state index is -4.40. The summed E-state index contributed by atoms with van der Waals surface area (Å²) >= 11 is 0. The van der Waals surface area contributed by atoms with Gasteiger partial charge in [0.25, 0.3) is 42.0 Å². The van der Waals surface area contributed by atoms with Crippen LogP contribution in [0.5, 0.6) is 0 Å². The molecule has 210 valence electrons. The van der Waals surface area contributed by atoms with Gasteiger partial charge in [0.1, 0.15) is 10.5 Å². The fraction of sp³-hybridized carbons (Fsp3) is 1.00. The van der Waals surface area contributed by atoms with E-state index in [1.165, 1.54) is 7.11 Å². The van der Waals surface area contributed by atoms with Crippen molar-refractivity contribution in [2.45, 2.75) is 32.7 Å². The Morgan fingerprint density at radius 2 is 1.26 bits per heavy atom. The standard InChI is InChI=1S/C6H42O14Si15/c1-15-31(5,6)35(28-13,18-23-8)33(19-30(3,4)29(2)14,20-32(16-21,24-9)25-10)34(26-11,27-12)17-22-7/h7-13H,22-28H2,1-6,21H3. The quantitative estimate of drug-likeness (QED) is 0.0610. The van der Waals surface area contributed by atoms with Crippen molar-refractivity contribution < 1.29 is 63.0 Å². The third-order valence-electron chi connectivity index (χ3n) is 6.43. The molecule has 14 nitrogen and oxygen atoms in total. The molecule has 0 amide bonds. The molecule has 35 heavy (non-hydrogen) atoms. The first-order valence-corrected chi connectivity index (χ1v) is 47.9. The zero-order valence-corrected chi connectivity index (χ0v) is 40.3. The average Bonchev–Trinajstić information content (AvgIpc) is 2.83. The van der Waals surface area contributed by atoms with Crippen LogP contribution in [-0.2, 0) is 29.5 Å². The summed E-state index contributed by atoms with van der Waals surface area (Å²) in [5.41, 5.74) is 0. The summed E-state index contributed by atoms with van der Waals surface area (Å²) < 4.78 is 50.7. The van der Waals surface area contributed by atoms with E-state index in [1.54, 1.807) is 32.7 Å². The Balaban J connectivity index is 8.19. The lowest BCUT2D eigenvalue weighted by Crippen LogP contribution is -2.97. The number of hydrogen-bond acceptors (Lipinski definition) is 14. The highest BCUT2D eigenvalue weighted by Crippen LogP contribution is 2.40. The first-order chi connectivity index (χ1) is 16.2. The maximum Gasteiger partial charge on any atom is 0.337 e. The molecule has 0 spiro atoms. The van der Waals surface area contributed by atoms with Crippen molar-refractivity contribution in [3.05, 3.63) is 0 Å². The SMILES string of the molecule is CO[Si](C)(C)[Si](O[SiH2]O)([SiH2]O)[Si](O[Si](O[SiH3])([SiH2]O)[SiH2]O)(O[Si](C)(C)[Si](C)=O)[Si](O[SiH2]O)([SiH2]O)[SiH2]O. The number of hydrogen-bond donors (Lipinski definition) is 7. The van der Waals surface area contributed by atoms with E-state index >= 15 is 0 Å². The van der Waals surface area contributed by atoms with Crippen molar-refractivity contribution in [2.24, 2.45) is 0 Å². The lowest BCUT2D eigenvalue weighted by molar-refractivity contribution is 0.351. The van der Waals surface area contributed by atoms with Crippen LogP contribution in [-0.4, -0.2) is 170 Å². The van der Waals surface area contributed by atoms with Crippen LogP contribution in [0.15, 0.2) is 0 Å². The molecule has 0 aliphatic rings. The second-order valence-corrected chi connectivity index (χ2v) is 90.2. The maximum absolute atomic E-state index is 13.0. The molecule has 0 fully saturated rings. The van der Waals surface area contributed by atoms with E-state index in [1.807, 2.05) is 0 Å². The summed E-state index contributed by atoms with van der Waals surface area (Å²) in [7, 11) is -30.6. The van der Waals surface area contributed by atoms with Gasteiger partial charge in [-0.25, -0.2) is 0 Å². The summed E-state index contributed by atoms with van der Waals surface area (Å²) in [4.78, 5) is 74.3. The van der Waals surface area contributed by atoms with Crippen LogP contribution in [0.1, 0.15) is 0 Å². The molecule has 0 saturated carbocycles. The van der Waals surface area contributed by atoms with E-state index in [-0.39, 0.29) is 10.5 Å². The highest BCUT2D eigenvalue weighted by atomic mass is 30.2. The van der Waals surface area contributed by atoms with Gasteiger partial charge in [-0.05, 0) is 32.7 Å². The maximum atomic E-state index is 13.0. The van der Waals surface area contributed by atoms with Crippen molar-refractivity contribution >= 4 is 130 Å². The summed E-state index contributed by atoms with van der Waals surface area (Å²) in [6.07, 6.45) is 0. The van der Waals surface area contributed by atoms with Crippen molar-refractivity contribution in [3.63, 3.8) is 0 Å². The molecule has 0 heterocycles. The fourth-order valence-electron chi connectivity index (χ4n) is 3.57. The predicted octanol–water partition coefficient (Wildman–Crippen LogP) is -11.6. The average molecular weight is 760 g/mol. The normalized spacial score (nSPS) is 22.4. The molecule has 0 aliphatic carbocycles. The second-order valence-electron chi connectivity index (χ2n) is 8.88. The molecule has 0 radical (unpaired) electrons. The van der Waals surface area contributed by atoms with Crippen molar-refractivity contribution in [2.75, 3.05) is 7.11 Å². The molecule has 7 N–H and O–H groups in total. The summed E-state index contributed by atoms with van der Waals surface area (Å²) in [6.45, 7) is 0.769. The Morgan fingerprint density at radius 1 is 0.771 bits per heavy atom. The van der Waals surface area contributed by atoms with Crippen LogP contribution in [0.3, 0.4) is 0 Å². The van der Waals surface area contributed by atoms with Gasteiger partial charge in [0.2, 0.25) is 34.2 Å². The smallest absolute Gasteiger partial charge is 0.337 e. The molecule has 29 heteroatoms. The highest BCUT2D eigenvalue weighted by Gasteiger charge is 2.82. The van der Waals surface area contributed by atoms with Crippen molar-refractivity contribution in [1.29, 1.82) is 0 Å². The zero-order valence-electron chi connectivity index (χ0n) is 21.4. The van der Waals surface area contributed by atoms with Crippen LogP contribution in [0.4, 0.5) is 0 Å².